The van der Waals surface area contributed by atoms with E-state index in [2.05, 4.69) is 41.0 Å². The molecule has 0 amide bonds. The zero-order valence-electron chi connectivity index (χ0n) is 11.3. The van der Waals surface area contributed by atoms with Gasteiger partial charge in [-0.05, 0) is 33.5 Å². The van der Waals surface area contributed by atoms with Crippen LogP contribution in [0.2, 0.25) is 0 Å². The normalized spacial score (nSPS) is 11.4. The molecule has 2 rings (SSSR count). The second-order valence-electron chi connectivity index (χ2n) is 4.31. The average molecular weight is 249 g/mol. The Morgan fingerprint density at radius 2 is 2.17 bits per heavy atom. The minimum atomic E-state index is 0.486. The van der Waals surface area contributed by atoms with Gasteiger partial charge in [0.1, 0.15) is 0 Å². The fourth-order valence-electron chi connectivity index (χ4n) is 1.75. The van der Waals surface area contributed by atoms with E-state index in [1.54, 1.807) is 6.92 Å². The lowest BCUT2D eigenvalue weighted by molar-refractivity contribution is 0.332. The molecule has 0 atom stereocenters. The Hall–Kier alpha value is -1.69. The van der Waals surface area contributed by atoms with Crippen LogP contribution in [0.4, 0.5) is 0 Å². The Bertz CT molecular complexity index is 516. The van der Waals surface area contributed by atoms with Crippen molar-refractivity contribution in [2.24, 2.45) is 0 Å². The molecule has 0 saturated carbocycles. The van der Waals surface area contributed by atoms with Gasteiger partial charge in [0.05, 0.1) is 5.69 Å². The lowest BCUT2D eigenvalue weighted by Gasteiger charge is -2.13. The third-order valence-corrected chi connectivity index (χ3v) is 2.88. The van der Waals surface area contributed by atoms with Crippen LogP contribution in [0, 0.1) is 6.92 Å². The van der Waals surface area contributed by atoms with Crippen molar-refractivity contribution in [3.63, 3.8) is 0 Å². The van der Waals surface area contributed by atoms with Gasteiger partial charge >= 0.3 is 0 Å². The monoisotopic (exact) mass is 249 g/mol. The molecule has 6 heteroatoms. The number of nitrogens with zero attached hydrogens (tertiary/aromatic N) is 5. The molecule has 0 unspecified atom stereocenters. The van der Waals surface area contributed by atoms with Crippen LogP contribution in [0.25, 0.3) is 11.6 Å². The van der Waals surface area contributed by atoms with Crippen molar-refractivity contribution in [2.45, 2.75) is 33.9 Å². The highest BCUT2D eigenvalue weighted by Crippen LogP contribution is 2.18. The topological polar surface area (TPSA) is 60.0 Å². The summed E-state index contributed by atoms with van der Waals surface area (Å²) in [5.41, 5.74) is 1.91. The van der Waals surface area contributed by atoms with Gasteiger partial charge in [-0.15, -0.1) is 0 Å². The molecule has 2 aromatic heterocycles. The molecule has 0 saturated heterocycles. The number of aryl methyl sites for hydroxylation is 2. The molecule has 0 aliphatic rings. The van der Waals surface area contributed by atoms with Crippen LogP contribution in [0.1, 0.15) is 25.4 Å². The Morgan fingerprint density at radius 1 is 1.39 bits per heavy atom. The average Bonchev–Trinajstić information content (AvgIpc) is 2.95. The minimum absolute atomic E-state index is 0.486. The Morgan fingerprint density at radius 3 is 2.72 bits per heavy atom. The smallest absolute Gasteiger partial charge is 0.278 e. The molecule has 6 nitrogen and oxygen atoms in total. The first-order valence-corrected chi connectivity index (χ1v) is 6.20. The molecule has 2 aromatic rings. The number of hydrogen-bond acceptors (Lipinski definition) is 5. The lowest BCUT2D eigenvalue weighted by Crippen LogP contribution is -2.19. The van der Waals surface area contributed by atoms with Crippen LogP contribution >= 0.6 is 0 Å². The highest BCUT2D eigenvalue weighted by atomic mass is 16.5. The summed E-state index contributed by atoms with van der Waals surface area (Å²) in [4.78, 5) is 6.43. The molecular formula is C12H19N5O. The van der Waals surface area contributed by atoms with Gasteiger partial charge in [0, 0.05) is 13.1 Å². The third kappa shape index (κ3) is 2.59. The molecular weight excluding hydrogens is 230 g/mol. The molecule has 0 spiro atoms. The standard InChI is InChI=1S/C12H19N5O/c1-5-16(4)8-10-7-11(14-17(10)6-2)12-13-9(3)15-18-12/h7H,5-6,8H2,1-4H3. The molecule has 0 N–H and O–H groups in total. The van der Waals surface area contributed by atoms with Crippen molar-refractivity contribution in [3.8, 4) is 11.6 Å². The third-order valence-electron chi connectivity index (χ3n) is 2.88. The maximum atomic E-state index is 5.14. The van der Waals surface area contributed by atoms with Gasteiger partial charge in [-0.2, -0.15) is 10.1 Å². The van der Waals surface area contributed by atoms with Crippen LogP contribution in [0.5, 0.6) is 0 Å². The van der Waals surface area contributed by atoms with E-state index in [1.165, 1.54) is 0 Å². The van der Waals surface area contributed by atoms with E-state index >= 15 is 0 Å². The minimum Gasteiger partial charge on any atom is -0.332 e. The highest BCUT2D eigenvalue weighted by Gasteiger charge is 2.14. The van der Waals surface area contributed by atoms with E-state index < -0.39 is 0 Å². The molecule has 0 aromatic carbocycles. The summed E-state index contributed by atoms with van der Waals surface area (Å²) in [6.07, 6.45) is 0. The van der Waals surface area contributed by atoms with Crippen LogP contribution in [0.15, 0.2) is 10.6 Å². The summed E-state index contributed by atoms with van der Waals surface area (Å²) in [5.74, 6) is 1.11. The van der Waals surface area contributed by atoms with Crippen LogP contribution < -0.4 is 0 Å². The molecule has 18 heavy (non-hydrogen) atoms. The van der Waals surface area contributed by atoms with Gasteiger partial charge in [-0.3, -0.25) is 4.68 Å². The van der Waals surface area contributed by atoms with E-state index in [0.717, 1.165) is 31.0 Å². The fourth-order valence-corrected chi connectivity index (χ4v) is 1.75. The lowest BCUT2D eigenvalue weighted by atomic mass is 10.3. The van der Waals surface area contributed by atoms with Crippen molar-refractivity contribution >= 4 is 0 Å². The molecule has 0 aliphatic heterocycles. The Balaban J connectivity index is 2.28. The predicted molar refractivity (Wildman–Crippen MR) is 67.9 cm³/mol. The Labute approximate surface area is 107 Å². The van der Waals surface area contributed by atoms with Gasteiger partial charge in [-0.1, -0.05) is 12.1 Å². The molecule has 0 bridgehead atoms. The van der Waals surface area contributed by atoms with Crippen molar-refractivity contribution in [1.82, 2.24) is 24.8 Å². The van der Waals surface area contributed by atoms with E-state index in [1.807, 2.05) is 10.7 Å². The van der Waals surface area contributed by atoms with Crippen molar-refractivity contribution in [1.29, 1.82) is 0 Å². The van der Waals surface area contributed by atoms with Gasteiger partial charge < -0.3 is 9.42 Å². The summed E-state index contributed by atoms with van der Waals surface area (Å²) >= 11 is 0. The summed E-state index contributed by atoms with van der Waals surface area (Å²) in [7, 11) is 2.09. The summed E-state index contributed by atoms with van der Waals surface area (Å²) in [6.45, 7) is 8.71. The van der Waals surface area contributed by atoms with Crippen LogP contribution in [-0.4, -0.2) is 38.4 Å². The molecule has 0 fully saturated rings. The summed E-state index contributed by atoms with van der Waals surface area (Å²) < 4.78 is 7.12. The van der Waals surface area contributed by atoms with Gasteiger partial charge in [0.2, 0.25) is 0 Å². The number of hydrogen-bond donors (Lipinski definition) is 0. The zero-order chi connectivity index (χ0) is 13.1. The van der Waals surface area contributed by atoms with Crippen LogP contribution in [-0.2, 0) is 13.1 Å². The first kappa shape index (κ1) is 12.8. The maximum Gasteiger partial charge on any atom is 0.278 e. The number of aromatic nitrogens is 4. The van der Waals surface area contributed by atoms with E-state index in [0.29, 0.717) is 11.7 Å². The van der Waals surface area contributed by atoms with Crippen molar-refractivity contribution < 1.29 is 4.52 Å². The maximum absolute atomic E-state index is 5.14. The van der Waals surface area contributed by atoms with Crippen molar-refractivity contribution in [2.75, 3.05) is 13.6 Å². The highest BCUT2D eigenvalue weighted by molar-refractivity contribution is 5.46. The van der Waals surface area contributed by atoms with Gasteiger partial charge in [-0.25, -0.2) is 0 Å². The van der Waals surface area contributed by atoms with Gasteiger partial charge in [0.25, 0.3) is 5.89 Å². The SMILES string of the molecule is CCN(C)Cc1cc(-c2nc(C)no2)nn1CC. The van der Waals surface area contributed by atoms with E-state index in [9.17, 15) is 0 Å². The zero-order valence-corrected chi connectivity index (χ0v) is 11.3. The van der Waals surface area contributed by atoms with E-state index in [4.69, 9.17) is 4.52 Å². The Kier molecular flexibility index (Phi) is 3.76. The summed E-state index contributed by atoms with van der Waals surface area (Å²) in [5, 5.41) is 8.28. The molecule has 0 aliphatic carbocycles. The second kappa shape index (κ2) is 5.30. The molecule has 2 heterocycles. The molecule has 0 radical (unpaired) electrons. The first-order valence-electron chi connectivity index (χ1n) is 6.20. The first-order chi connectivity index (χ1) is 8.63. The second-order valence-corrected chi connectivity index (χ2v) is 4.31. The fraction of sp³-hybridized carbons (Fsp3) is 0.583. The molecule has 98 valence electrons. The van der Waals surface area contributed by atoms with Crippen molar-refractivity contribution in [3.05, 3.63) is 17.6 Å². The number of rotatable bonds is 5. The predicted octanol–water partition coefficient (Wildman–Crippen LogP) is 1.71. The quantitative estimate of drug-likeness (QED) is 0.807. The summed E-state index contributed by atoms with van der Waals surface area (Å²) in [6, 6.07) is 2.02. The van der Waals surface area contributed by atoms with Crippen LogP contribution in [0.3, 0.4) is 0 Å². The van der Waals surface area contributed by atoms with Gasteiger partial charge in [0.15, 0.2) is 11.5 Å². The largest absolute Gasteiger partial charge is 0.332 e. The van der Waals surface area contributed by atoms with E-state index in [-0.39, 0.29) is 0 Å².